The van der Waals surface area contributed by atoms with E-state index in [4.69, 9.17) is 0 Å². The molecule has 2 saturated carbocycles. The minimum atomic E-state index is -2.71. The highest BCUT2D eigenvalue weighted by atomic mass is 28.3. The number of fused-ring (bicyclic) bond motifs is 16. The van der Waals surface area contributed by atoms with Crippen molar-refractivity contribution in [3.63, 3.8) is 0 Å². The van der Waals surface area contributed by atoms with Gasteiger partial charge in [0.1, 0.15) is 0 Å². The molecule has 15 rings (SSSR count). The van der Waals surface area contributed by atoms with Crippen LogP contribution >= 0.6 is 0 Å². The van der Waals surface area contributed by atoms with Crippen molar-refractivity contribution in [2.24, 2.45) is 0 Å². The number of aryl methyl sites for hydroxylation is 2. The van der Waals surface area contributed by atoms with Gasteiger partial charge in [0.15, 0.2) is 0 Å². The number of hydrogen-bond acceptors (Lipinski definition) is 2. The molecule has 0 atom stereocenters. The fourth-order valence-corrected chi connectivity index (χ4v) is 25.6. The van der Waals surface area contributed by atoms with Crippen LogP contribution < -0.4 is 10.4 Å². The highest BCUT2D eigenvalue weighted by Gasteiger charge is 2.55. The summed E-state index contributed by atoms with van der Waals surface area (Å²) in [6.45, 7) is 17.8. The standard InChI is InChI=1S/C66H78N4Si2/c1-13-63-23-27-65(15-3,28-24-63)57-53-47-35-43(71(17-5,18-6)19-7)33-45-51-40(12)60-52(39(11)59(51)69(61(45)47)49(53)31-41(37-67)55(57)63)46-34-44(72(20-8,21-9)22-10)36-48-54-50(70(60)62(46)48)32-42(38-68)56-58(54)66(16-4)29-25-64(56,14-2)26-30-66/h31-36H,13-30H2,1-12H3/i11D3,12D3. The van der Waals surface area contributed by atoms with E-state index in [9.17, 15) is 18.7 Å². The Labute approximate surface area is 439 Å². The van der Waals surface area contributed by atoms with Crippen LogP contribution in [0, 0.1) is 36.4 Å². The third-order valence-electron chi connectivity index (χ3n) is 23.4. The van der Waals surface area contributed by atoms with Gasteiger partial charge < -0.3 is 8.80 Å². The van der Waals surface area contributed by atoms with Crippen LogP contribution in [0.4, 0.5) is 0 Å². The predicted molar refractivity (Wildman–Crippen MR) is 313 cm³/mol. The Morgan fingerprint density at radius 2 is 0.722 bits per heavy atom. The Morgan fingerprint density at radius 1 is 0.431 bits per heavy atom. The van der Waals surface area contributed by atoms with Crippen LogP contribution in [-0.2, 0) is 21.7 Å². The van der Waals surface area contributed by atoms with E-state index in [1.165, 1.54) is 32.6 Å². The van der Waals surface area contributed by atoms with Crippen molar-refractivity contribution in [3.05, 3.63) is 80.9 Å². The summed E-state index contributed by atoms with van der Waals surface area (Å²) < 4.78 is 64.7. The molecule has 0 spiro atoms. The number of nitriles is 2. The summed E-state index contributed by atoms with van der Waals surface area (Å²) in [4.78, 5) is 0. The molecule has 9 aromatic rings. The van der Waals surface area contributed by atoms with Crippen molar-refractivity contribution >= 4 is 103 Å². The van der Waals surface area contributed by atoms with E-state index in [1.54, 1.807) is 0 Å². The van der Waals surface area contributed by atoms with Crippen LogP contribution in [-0.4, -0.2) is 24.9 Å². The molecule has 4 nitrogen and oxygen atoms in total. The zero-order valence-corrected chi connectivity index (χ0v) is 47.0. The van der Waals surface area contributed by atoms with E-state index in [2.05, 4.69) is 127 Å². The molecule has 0 N–H and O–H groups in total. The van der Waals surface area contributed by atoms with Crippen LogP contribution in [0.15, 0.2) is 36.4 Å². The minimum Gasteiger partial charge on any atom is -0.308 e. The molecule has 0 aliphatic heterocycles. The molecule has 6 aliphatic rings. The molecule has 4 aromatic heterocycles. The number of nitrogens with zero attached hydrogens (tertiary/aromatic N) is 4. The van der Waals surface area contributed by atoms with E-state index in [1.807, 2.05) is 0 Å². The maximum Gasteiger partial charge on any atom is 0.0995 e. The van der Waals surface area contributed by atoms with E-state index in [0.717, 1.165) is 168 Å². The third kappa shape index (κ3) is 5.10. The molecule has 72 heavy (non-hydrogen) atoms. The molecule has 2 fully saturated rings. The highest BCUT2D eigenvalue weighted by molar-refractivity contribution is 6.92. The Hall–Kier alpha value is -4.89. The summed E-state index contributed by atoms with van der Waals surface area (Å²) in [5.74, 6) is 0. The fraction of sp³-hybridized carbons (Fsp3) is 0.515. The Morgan fingerprint density at radius 3 is 0.986 bits per heavy atom. The lowest BCUT2D eigenvalue weighted by Crippen LogP contribution is -2.47. The van der Waals surface area contributed by atoms with Gasteiger partial charge in [0.2, 0.25) is 0 Å². The molecule has 0 unspecified atom stereocenters. The fourth-order valence-electron chi connectivity index (χ4n) is 18.4. The lowest BCUT2D eigenvalue weighted by molar-refractivity contribution is 0.152. The van der Waals surface area contributed by atoms with Crippen LogP contribution in [0.25, 0.3) is 76.2 Å². The largest absolute Gasteiger partial charge is 0.308 e. The van der Waals surface area contributed by atoms with Crippen molar-refractivity contribution < 1.29 is 8.22 Å². The normalized spacial score (nSPS) is 25.7. The van der Waals surface area contributed by atoms with Gasteiger partial charge in [0.05, 0.1) is 72.5 Å². The van der Waals surface area contributed by atoms with E-state index in [-0.39, 0.29) is 32.8 Å². The van der Waals surface area contributed by atoms with Gasteiger partial charge >= 0.3 is 0 Å². The van der Waals surface area contributed by atoms with Crippen LogP contribution in [0.1, 0.15) is 199 Å². The number of hydrogen-bond donors (Lipinski definition) is 0. The summed E-state index contributed by atoms with van der Waals surface area (Å²) in [6, 6.07) is 25.4. The van der Waals surface area contributed by atoms with Gasteiger partial charge in [0, 0.05) is 51.3 Å². The summed E-state index contributed by atoms with van der Waals surface area (Å²) in [6.07, 6.45) is 12.2. The molecule has 4 bridgehead atoms. The van der Waals surface area contributed by atoms with E-state index in [0.29, 0.717) is 32.9 Å². The van der Waals surface area contributed by atoms with Crippen molar-refractivity contribution in [2.75, 3.05) is 0 Å². The Bertz CT molecular complexity index is 3850. The molecule has 370 valence electrons. The van der Waals surface area contributed by atoms with Gasteiger partial charge in [-0.1, -0.05) is 140 Å². The molecule has 0 radical (unpaired) electrons. The van der Waals surface area contributed by atoms with Crippen molar-refractivity contribution in [3.8, 4) is 12.1 Å². The summed E-state index contributed by atoms with van der Waals surface area (Å²) in [5, 5.41) is 32.6. The molecule has 0 amide bonds. The minimum absolute atomic E-state index is 0.116. The van der Waals surface area contributed by atoms with Gasteiger partial charge in [-0.15, -0.1) is 0 Å². The number of benzene rings is 5. The summed E-state index contributed by atoms with van der Waals surface area (Å²) >= 11 is 0. The lowest BCUT2D eigenvalue weighted by atomic mass is 9.48. The van der Waals surface area contributed by atoms with Crippen molar-refractivity contribution in [1.29, 1.82) is 10.5 Å². The van der Waals surface area contributed by atoms with Crippen molar-refractivity contribution in [2.45, 2.75) is 218 Å². The Balaban J connectivity index is 1.38. The SMILES string of the molecule is [2H]C([2H])([2H])c1c2c3cc([Si](CC)(CC)CC)cc4c5c6c(c(C#N)cc5n(c2c(C([2H])([2H])[2H])c2c5cc([Si](CC)(CC)CC)cc7c8c9c(c(C#N)cc8n(c12)c75)C1(CC)CCC9(CC)CC1)c43)C1(CC)CCC6(CC)CC1. The van der Waals surface area contributed by atoms with Gasteiger partial charge in [-0.05, 0) is 158 Å². The van der Waals surface area contributed by atoms with Crippen LogP contribution in [0.5, 0.6) is 0 Å². The van der Waals surface area contributed by atoms with Gasteiger partial charge in [-0.2, -0.15) is 10.5 Å². The smallest absolute Gasteiger partial charge is 0.0995 e. The molecular formula is C66H78N4Si2. The van der Waals surface area contributed by atoms with Gasteiger partial charge in [-0.25, -0.2) is 0 Å². The van der Waals surface area contributed by atoms with Crippen LogP contribution in [0.3, 0.4) is 0 Å². The van der Waals surface area contributed by atoms with Crippen molar-refractivity contribution in [1.82, 2.24) is 8.80 Å². The maximum atomic E-state index is 11.5. The first kappa shape index (κ1) is 40.5. The third-order valence-corrected chi connectivity index (χ3v) is 34.6. The highest BCUT2D eigenvalue weighted by Crippen LogP contribution is 2.65. The first-order chi connectivity index (χ1) is 37.2. The van der Waals surface area contributed by atoms with Crippen LogP contribution in [0.2, 0.25) is 36.3 Å². The average Bonchev–Trinajstić information content (AvgIpc) is 2.49. The van der Waals surface area contributed by atoms with E-state index < -0.39 is 29.9 Å². The molecule has 6 heteroatoms. The second-order valence-electron chi connectivity index (χ2n) is 24.3. The summed E-state index contributed by atoms with van der Waals surface area (Å²) in [7, 11) is -4.44. The quantitative estimate of drug-likeness (QED) is 0.115. The first-order valence-corrected chi connectivity index (χ1v) is 33.9. The monoisotopic (exact) mass is 989 g/mol. The zero-order chi connectivity index (χ0) is 55.4. The second kappa shape index (κ2) is 15.4. The predicted octanol–water partition coefficient (Wildman–Crippen LogP) is 17.5. The molecule has 4 heterocycles. The van der Waals surface area contributed by atoms with Gasteiger partial charge in [-0.3, -0.25) is 0 Å². The maximum absolute atomic E-state index is 11.5. The van der Waals surface area contributed by atoms with E-state index >= 15 is 0 Å². The first-order valence-electron chi connectivity index (χ1n) is 31.7. The number of aromatic nitrogens is 2. The topological polar surface area (TPSA) is 56.4 Å². The Kier molecular flexibility index (Phi) is 8.64. The second-order valence-corrected chi connectivity index (χ2v) is 34.8. The molecular weight excluding hydrogens is 905 g/mol. The number of rotatable bonds is 12. The average molecular weight is 990 g/mol. The van der Waals surface area contributed by atoms with Gasteiger partial charge in [0.25, 0.3) is 0 Å². The molecule has 6 aliphatic carbocycles. The molecule has 5 aromatic carbocycles. The zero-order valence-electron chi connectivity index (χ0n) is 51.0. The lowest BCUT2D eigenvalue weighted by Gasteiger charge is -2.55. The summed E-state index contributed by atoms with van der Waals surface area (Å²) in [5.41, 5.74) is 10.6. The molecule has 0 saturated heterocycles.